The van der Waals surface area contributed by atoms with Crippen LogP contribution >= 0.6 is 0 Å². The van der Waals surface area contributed by atoms with Gasteiger partial charge >= 0.3 is 0 Å². The molecule has 0 aliphatic heterocycles. The molecule has 0 amide bonds. The summed E-state index contributed by atoms with van der Waals surface area (Å²) in [6, 6.07) is 8.68. The van der Waals surface area contributed by atoms with Crippen molar-refractivity contribution in [2.75, 3.05) is 0 Å². The van der Waals surface area contributed by atoms with E-state index in [2.05, 4.69) is 50.8 Å². The molecule has 78 valence electrons. The molecule has 1 aromatic rings. The topological polar surface area (TPSA) is 0 Å². The maximum Gasteiger partial charge on any atom is -0.00668 e. The Bertz CT molecular complexity index is 364. The van der Waals surface area contributed by atoms with Crippen molar-refractivity contribution in [3.8, 4) is 0 Å². The van der Waals surface area contributed by atoms with Gasteiger partial charge in [-0.2, -0.15) is 0 Å². The van der Waals surface area contributed by atoms with E-state index < -0.39 is 0 Å². The summed E-state index contributed by atoms with van der Waals surface area (Å²) in [6.07, 6.45) is 8.90. The molecule has 0 saturated heterocycles. The third-order valence-corrected chi connectivity index (χ3v) is 2.23. The molecular formula is C15H18. The molecule has 0 bridgehead atoms. The molecule has 15 heavy (non-hydrogen) atoms. The van der Waals surface area contributed by atoms with Crippen LogP contribution in [0.5, 0.6) is 0 Å². The van der Waals surface area contributed by atoms with Crippen LogP contribution in [0.2, 0.25) is 0 Å². The average molecular weight is 198 g/mol. The lowest BCUT2D eigenvalue weighted by Gasteiger charge is -2.01. The molecule has 0 atom stereocenters. The van der Waals surface area contributed by atoms with Crippen LogP contribution in [0.1, 0.15) is 18.1 Å². The van der Waals surface area contributed by atoms with Gasteiger partial charge in [0.1, 0.15) is 0 Å². The van der Waals surface area contributed by atoms with E-state index in [9.17, 15) is 0 Å². The summed E-state index contributed by atoms with van der Waals surface area (Å²) in [5.41, 5.74) is 4.03. The molecule has 0 aliphatic carbocycles. The molecule has 0 saturated carbocycles. The first-order chi connectivity index (χ1) is 7.22. The van der Waals surface area contributed by atoms with Crippen LogP contribution < -0.4 is 0 Å². The molecule has 0 heterocycles. The van der Waals surface area contributed by atoms with Gasteiger partial charge in [0.2, 0.25) is 0 Å². The zero-order chi connectivity index (χ0) is 11.1. The van der Waals surface area contributed by atoms with E-state index >= 15 is 0 Å². The van der Waals surface area contributed by atoms with Crippen LogP contribution in [-0.4, -0.2) is 0 Å². The summed E-state index contributed by atoms with van der Waals surface area (Å²) >= 11 is 0. The molecule has 0 aliphatic rings. The van der Waals surface area contributed by atoms with Crippen LogP contribution in [0.25, 0.3) is 0 Å². The largest absolute Gasteiger partial charge is 0.0991 e. The minimum absolute atomic E-state index is 1.02. The lowest BCUT2D eigenvalue weighted by Crippen LogP contribution is -1.86. The summed E-state index contributed by atoms with van der Waals surface area (Å²) in [4.78, 5) is 0. The van der Waals surface area contributed by atoms with Crippen LogP contribution in [0.15, 0.2) is 60.7 Å². The summed E-state index contributed by atoms with van der Waals surface area (Å²) in [5, 5.41) is 0. The van der Waals surface area contributed by atoms with Crippen molar-refractivity contribution < 1.29 is 0 Å². The summed E-state index contributed by atoms with van der Waals surface area (Å²) in [5.74, 6) is 0. The second kappa shape index (κ2) is 6.02. The van der Waals surface area contributed by atoms with E-state index in [0.29, 0.717) is 0 Å². The van der Waals surface area contributed by atoms with E-state index in [1.807, 2.05) is 12.2 Å². The fourth-order valence-electron chi connectivity index (χ4n) is 1.39. The van der Waals surface area contributed by atoms with E-state index in [0.717, 1.165) is 6.42 Å². The van der Waals surface area contributed by atoms with E-state index in [1.54, 1.807) is 6.08 Å². The molecule has 0 spiro atoms. The third-order valence-electron chi connectivity index (χ3n) is 2.23. The number of benzene rings is 1. The number of rotatable bonds is 4. The molecular weight excluding hydrogens is 180 g/mol. The zero-order valence-corrected chi connectivity index (χ0v) is 9.53. The molecule has 0 unspecified atom stereocenters. The Morgan fingerprint density at radius 3 is 2.47 bits per heavy atom. The Balaban J connectivity index is 2.61. The maximum absolute atomic E-state index is 3.64. The SMILES string of the molecule is C=C/C=C\C=C(\C)Cc1ccc(C)cc1. The lowest BCUT2D eigenvalue weighted by atomic mass is 10.0. The first kappa shape index (κ1) is 11.5. The van der Waals surface area contributed by atoms with Crippen molar-refractivity contribution in [3.63, 3.8) is 0 Å². The van der Waals surface area contributed by atoms with E-state index in [-0.39, 0.29) is 0 Å². The minimum Gasteiger partial charge on any atom is -0.0991 e. The van der Waals surface area contributed by atoms with Crippen molar-refractivity contribution in [3.05, 3.63) is 71.8 Å². The van der Waals surface area contributed by atoms with Gasteiger partial charge in [-0.15, -0.1) is 0 Å². The minimum atomic E-state index is 1.02. The Kier molecular flexibility index (Phi) is 4.62. The molecule has 0 fully saturated rings. The normalized spacial score (nSPS) is 12.0. The van der Waals surface area contributed by atoms with Crippen molar-refractivity contribution in [2.45, 2.75) is 20.3 Å². The molecule has 1 rings (SSSR count). The van der Waals surface area contributed by atoms with Gasteiger partial charge in [0.05, 0.1) is 0 Å². The number of hydrogen-bond acceptors (Lipinski definition) is 0. The number of hydrogen-bond donors (Lipinski definition) is 0. The quantitative estimate of drug-likeness (QED) is 0.635. The average Bonchev–Trinajstić information content (AvgIpc) is 2.22. The molecule has 0 aromatic heterocycles. The molecule has 0 radical (unpaired) electrons. The van der Waals surface area contributed by atoms with Gasteiger partial charge in [0.15, 0.2) is 0 Å². The van der Waals surface area contributed by atoms with Gasteiger partial charge in [-0.05, 0) is 25.8 Å². The van der Waals surface area contributed by atoms with Gasteiger partial charge in [0.25, 0.3) is 0 Å². The van der Waals surface area contributed by atoms with E-state index in [4.69, 9.17) is 0 Å². The van der Waals surface area contributed by atoms with Crippen molar-refractivity contribution >= 4 is 0 Å². The van der Waals surface area contributed by atoms with Gasteiger partial charge < -0.3 is 0 Å². The molecule has 0 nitrogen and oxygen atoms in total. The Morgan fingerprint density at radius 2 is 1.87 bits per heavy atom. The van der Waals surface area contributed by atoms with Crippen molar-refractivity contribution in [1.82, 2.24) is 0 Å². The Morgan fingerprint density at radius 1 is 1.20 bits per heavy atom. The van der Waals surface area contributed by atoms with Crippen molar-refractivity contribution in [1.29, 1.82) is 0 Å². The number of aryl methyl sites for hydroxylation is 1. The van der Waals surface area contributed by atoms with Gasteiger partial charge in [-0.1, -0.05) is 66.3 Å². The second-order valence-electron chi connectivity index (χ2n) is 3.80. The number of allylic oxidation sites excluding steroid dienone is 5. The standard InChI is InChI=1S/C15H18/c1-4-5-6-7-14(3)12-15-10-8-13(2)9-11-15/h4-11H,1,12H2,2-3H3/b6-5-,14-7-. The van der Waals surface area contributed by atoms with Crippen LogP contribution in [0, 0.1) is 6.92 Å². The summed E-state index contributed by atoms with van der Waals surface area (Å²) in [6.45, 7) is 7.89. The molecule has 0 heteroatoms. The van der Waals surface area contributed by atoms with Gasteiger partial charge in [-0.3, -0.25) is 0 Å². The first-order valence-electron chi connectivity index (χ1n) is 5.23. The summed E-state index contributed by atoms with van der Waals surface area (Å²) in [7, 11) is 0. The Hall–Kier alpha value is -1.56. The second-order valence-corrected chi connectivity index (χ2v) is 3.80. The monoisotopic (exact) mass is 198 g/mol. The fraction of sp³-hybridized carbons (Fsp3) is 0.200. The summed E-state index contributed by atoms with van der Waals surface area (Å²) < 4.78 is 0. The van der Waals surface area contributed by atoms with Crippen LogP contribution in [0.4, 0.5) is 0 Å². The smallest absolute Gasteiger partial charge is 0.00668 e. The maximum atomic E-state index is 3.64. The highest BCUT2D eigenvalue weighted by atomic mass is 14.0. The molecule has 1 aromatic carbocycles. The van der Waals surface area contributed by atoms with Gasteiger partial charge in [-0.25, -0.2) is 0 Å². The van der Waals surface area contributed by atoms with Crippen LogP contribution in [-0.2, 0) is 6.42 Å². The van der Waals surface area contributed by atoms with Gasteiger partial charge in [0, 0.05) is 0 Å². The predicted molar refractivity (Wildman–Crippen MR) is 68.0 cm³/mol. The van der Waals surface area contributed by atoms with Crippen LogP contribution in [0.3, 0.4) is 0 Å². The predicted octanol–water partition coefficient (Wildman–Crippen LogP) is 4.23. The van der Waals surface area contributed by atoms with E-state index in [1.165, 1.54) is 16.7 Å². The molecule has 0 N–H and O–H groups in total. The highest BCUT2D eigenvalue weighted by Gasteiger charge is 1.93. The fourth-order valence-corrected chi connectivity index (χ4v) is 1.39. The third kappa shape index (κ3) is 4.46. The first-order valence-corrected chi connectivity index (χ1v) is 5.23. The highest BCUT2D eigenvalue weighted by Crippen LogP contribution is 2.09. The lowest BCUT2D eigenvalue weighted by molar-refractivity contribution is 1.14. The Labute approximate surface area is 92.6 Å². The van der Waals surface area contributed by atoms with Crippen molar-refractivity contribution in [2.24, 2.45) is 0 Å². The highest BCUT2D eigenvalue weighted by molar-refractivity contribution is 5.26. The zero-order valence-electron chi connectivity index (χ0n) is 9.53.